The minimum absolute atomic E-state index is 0.0786. The molecule has 0 aliphatic heterocycles. The lowest BCUT2D eigenvalue weighted by atomic mass is 10.1. The molecule has 1 aliphatic rings. The van der Waals surface area contributed by atoms with Gasteiger partial charge in [-0.2, -0.15) is 0 Å². The lowest BCUT2D eigenvalue weighted by Gasteiger charge is -2.06. The first kappa shape index (κ1) is 7.61. The van der Waals surface area contributed by atoms with Crippen LogP contribution in [0.5, 0.6) is 0 Å². The van der Waals surface area contributed by atoms with Crippen LogP contribution in [0, 0.1) is 0 Å². The summed E-state index contributed by atoms with van der Waals surface area (Å²) in [7, 11) is 0. The molecule has 0 aromatic carbocycles. The van der Waals surface area contributed by atoms with Crippen LogP contribution in [-0.4, -0.2) is 15.8 Å². The maximum absolute atomic E-state index is 11.0. The highest BCUT2D eigenvalue weighted by molar-refractivity contribution is 9.10. The lowest BCUT2D eigenvalue weighted by molar-refractivity contribution is -0.114. The summed E-state index contributed by atoms with van der Waals surface area (Å²) in [5.74, 6) is 0.0786. The highest BCUT2D eigenvalue weighted by atomic mass is 79.9. The van der Waals surface area contributed by atoms with Crippen molar-refractivity contribution in [3.05, 3.63) is 28.3 Å². The third kappa shape index (κ3) is 1.30. The molecular weight excluding hydrogens is 220 g/mol. The highest BCUT2D eigenvalue weighted by Crippen LogP contribution is 2.15. The Morgan fingerprint density at radius 1 is 1.42 bits per heavy atom. The van der Waals surface area contributed by atoms with Gasteiger partial charge >= 0.3 is 0 Å². The third-order valence-corrected chi connectivity index (χ3v) is 2.00. The molecule has 1 aromatic heterocycles. The molecule has 60 valence electrons. The molecule has 2 rings (SSSR count). The van der Waals surface area contributed by atoms with Crippen LogP contribution in [0.25, 0.3) is 6.08 Å². The predicted octanol–water partition coefficient (Wildman–Crippen LogP) is 1.38. The van der Waals surface area contributed by atoms with Crippen molar-refractivity contribution in [2.45, 2.75) is 6.42 Å². The van der Waals surface area contributed by atoms with Crippen LogP contribution in [0.15, 0.2) is 16.9 Å². The van der Waals surface area contributed by atoms with Gasteiger partial charge in [-0.25, -0.2) is 4.98 Å². The van der Waals surface area contributed by atoms with Crippen LogP contribution in [-0.2, 0) is 11.2 Å². The summed E-state index contributed by atoms with van der Waals surface area (Å²) in [6.45, 7) is 0. The number of hydrogen-bond acceptors (Lipinski definition) is 3. The summed E-state index contributed by atoms with van der Waals surface area (Å²) in [5, 5.41) is 0. The Morgan fingerprint density at radius 3 is 3.08 bits per heavy atom. The van der Waals surface area contributed by atoms with E-state index in [-0.39, 0.29) is 5.78 Å². The van der Waals surface area contributed by atoms with Crippen molar-refractivity contribution in [1.29, 1.82) is 0 Å². The highest BCUT2D eigenvalue weighted by Gasteiger charge is 2.12. The fraction of sp³-hybridized carbons (Fsp3) is 0.125. The van der Waals surface area contributed by atoms with Gasteiger partial charge in [0.25, 0.3) is 0 Å². The molecule has 0 saturated heterocycles. The molecule has 0 unspecified atom stereocenters. The van der Waals surface area contributed by atoms with Crippen molar-refractivity contribution in [3.63, 3.8) is 0 Å². The molecule has 0 radical (unpaired) electrons. The number of nitrogens with zero attached hydrogens (tertiary/aromatic N) is 2. The summed E-state index contributed by atoms with van der Waals surface area (Å²) in [4.78, 5) is 19.2. The second-order valence-corrected chi connectivity index (χ2v) is 3.31. The Hall–Kier alpha value is -1.03. The molecular formula is C8H5BrN2O. The van der Waals surface area contributed by atoms with Gasteiger partial charge in [0.15, 0.2) is 5.78 Å². The Labute approximate surface area is 77.7 Å². The van der Waals surface area contributed by atoms with Gasteiger partial charge in [-0.05, 0) is 28.1 Å². The Bertz CT molecular complexity index is 373. The van der Waals surface area contributed by atoms with Crippen molar-refractivity contribution in [2.75, 3.05) is 0 Å². The van der Waals surface area contributed by atoms with E-state index in [2.05, 4.69) is 25.9 Å². The summed E-state index contributed by atoms with van der Waals surface area (Å²) in [5.41, 5.74) is 1.54. The van der Waals surface area contributed by atoms with Crippen LogP contribution < -0.4 is 0 Å². The minimum Gasteiger partial charge on any atom is -0.294 e. The monoisotopic (exact) mass is 224 g/mol. The van der Waals surface area contributed by atoms with E-state index in [0.29, 0.717) is 11.0 Å². The zero-order valence-corrected chi connectivity index (χ0v) is 7.71. The first-order valence-electron chi connectivity index (χ1n) is 3.48. The number of allylic oxidation sites excluding steroid dienone is 1. The van der Waals surface area contributed by atoms with E-state index in [0.717, 1.165) is 11.4 Å². The van der Waals surface area contributed by atoms with E-state index >= 15 is 0 Å². The molecule has 0 fully saturated rings. The number of aromatic nitrogens is 2. The van der Waals surface area contributed by atoms with Gasteiger partial charge in [0.05, 0.1) is 24.0 Å². The fourth-order valence-corrected chi connectivity index (χ4v) is 1.39. The van der Waals surface area contributed by atoms with E-state index in [1.807, 2.05) is 0 Å². The summed E-state index contributed by atoms with van der Waals surface area (Å²) < 4.78 is 0.671. The molecule has 0 N–H and O–H groups in total. The largest absolute Gasteiger partial charge is 0.294 e. The van der Waals surface area contributed by atoms with Crippen molar-refractivity contribution < 1.29 is 4.79 Å². The Morgan fingerprint density at radius 2 is 2.25 bits per heavy atom. The van der Waals surface area contributed by atoms with E-state index in [1.54, 1.807) is 12.3 Å². The first-order valence-corrected chi connectivity index (χ1v) is 4.27. The van der Waals surface area contributed by atoms with Crippen molar-refractivity contribution in [2.24, 2.45) is 0 Å². The standard InChI is InChI=1S/C8H5BrN2O/c9-8-4-10-6-2-1-5(12)3-7(6)11-8/h1-2,4H,3H2. The van der Waals surface area contributed by atoms with E-state index in [4.69, 9.17) is 0 Å². The lowest BCUT2D eigenvalue weighted by Crippen LogP contribution is -2.08. The van der Waals surface area contributed by atoms with Crippen molar-refractivity contribution in [3.8, 4) is 0 Å². The quantitative estimate of drug-likeness (QED) is 0.669. The number of rotatable bonds is 0. The van der Waals surface area contributed by atoms with Gasteiger partial charge in [-0.15, -0.1) is 0 Å². The molecule has 0 atom stereocenters. The number of halogens is 1. The van der Waals surface area contributed by atoms with Crippen molar-refractivity contribution >= 4 is 27.8 Å². The van der Waals surface area contributed by atoms with Crippen LogP contribution in [0.4, 0.5) is 0 Å². The van der Waals surface area contributed by atoms with Gasteiger partial charge in [0.2, 0.25) is 0 Å². The number of hydrogen-bond donors (Lipinski definition) is 0. The smallest absolute Gasteiger partial charge is 0.161 e. The van der Waals surface area contributed by atoms with Crippen LogP contribution in [0.1, 0.15) is 11.4 Å². The first-order chi connectivity index (χ1) is 5.75. The average molecular weight is 225 g/mol. The zero-order chi connectivity index (χ0) is 8.55. The number of carbonyl (C=O) groups is 1. The zero-order valence-electron chi connectivity index (χ0n) is 6.12. The molecule has 1 aromatic rings. The number of carbonyl (C=O) groups excluding carboxylic acids is 1. The Kier molecular flexibility index (Phi) is 1.77. The maximum atomic E-state index is 11.0. The second kappa shape index (κ2) is 2.79. The molecule has 0 amide bonds. The van der Waals surface area contributed by atoms with E-state index < -0.39 is 0 Å². The SMILES string of the molecule is O=C1C=Cc2ncc(Br)nc2C1. The summed E-state index contributed by atoms with van der Waals surface area (Å²) in [6.07, 6.45) is 5.21. The third-order valence-electron chi connectivity index (χ3n) is 1.62. The topological polar surface area (TPSA) is 42.9 Å². The molecule has 0 saturated carbocycles. The predicted molar refractivity (Wildman–Crippen MR) is 47.5 cm³/mol. The molecule has 1 heterocycles. The minimum atomic E-state index is 0.0786. The molecule has 12 heavy (non-hydrogen) atoms. The maximum Gasteiger partial charge on any atom is 0.161 e. The molecule has 0 spiro atoms. The number of fused-ring (bicyclic) bond motifs is 1. The van der Waals surface area contributed by atoms with Crippen molar-refractivity contribution in [1.82, 2.24) is 9.97 Å². The van der Waals surface area contributed by atoms with Gasteiger partial charge in [0, 0.05) is 0 Å². The molecule has 3 nitrogen and oxygen atoms in total. The molecule has 4 heteroatoms. The average Bonchev–Trinajstić information content (AvgIpc) is 2.03. The fourth-order valence-electron chi connectivity index (χ4n) is 1.08. The normalized spacial score (nSPS) is 14.6. The molecule has 1 aliphatic carbocycles. The van der Waals surface area contributed by atoms with Gasteiger partial charge < -0.3 is 0 Å². The van der Waals surface area contributed by atoms with Crippen LogP contribution in [0.2, 0.25) is 0 Å². The van der Waals surface area contributed by atoms with Gasteiger partial charge in [-0.1, -0.05) is 0 Å². The Balaban J connectivity index is 2.54. The van der Waals surface area contributed by atoms with Gasteiger partial charge in [0.1, 0.15) is 4.60 Å². The molecule has 0 bridgehead atoms. The van der Waals surface area contributed by atoms with Crippen LogP contribution in [0.3, 0.4) is 0 Å². The number of ketones is 1. The summed E-state index contributed by atoms with van der Waals surface area (Å²) >= 11 is 3.20. The van der Waals surface area contributed by atoms with E-state index in [1.165, 1.54) is 6.08 Å². The second-order valence-electron chi connectivity index (χ2n) is 2.50. The van der Waals surface area contributed by atoms with E-state index in [9.17, 15) is 4.79 Å². The van der Waals surface area contributed by atoms with Gasteiger partial charge in [-0.3, -0.25) is 9.78 Å². The summed E-state index contributed by atoms with van der Waals surface area (Å²) in [6, 6.07) is 0. The van der Waals surface area contributed by atoms with Crippen LogP contribution >= 0.6 is 15.9 Å².